The van der Waals surface area contributed by atoms with Crippen molar-refractivity contribution in [3.8, 4) is 24.0 Å². The van der Waals surface area contributed by atoms with E-state index in [1.54, 1.807) is 0 Å². The molecule has 2 heteroatoms. The van der Waals surface area contributed by atoms with Gasteiger partial charge in [-0.1, -0.05) is 91.0 Å². The predicted molar refractivity (Wildman–Crippen MR) is 171 cm³/mol. The maximum Gasteiger partial charge on any atom is 0.0640 e. The number of para-hydroxylation sites is 2. The van der Waals surface area contributed by atoms with Crippen molar-refractivity contribution in [3.63, 3.8) is 0 Å². The van der Waals surface area contributed by atoms with Crippen molar-refractivity contribution in [1.29, 1.82) is 0 Å². The first-order chi connectivity index (χ1) is 19.3. The molecule has 2 nitrogen and oxygen atoms in total. The van der Waals surface area contributed by atoms with Gasteiger partial charge < -0.3 is 9.47 Å². The van der Waals surface area contributed by atoms with Crippen LogP contribution in [0.25, 0.3) is 43.7 Å². The smallest absolute Gasteiger partial charge is 0.0640 e. The number of hydrogen-bond acceptors (Lipinski definition) is 1. The summed E-state index contributed by atoms with van der Waals surface area (Å²) >= 11 is 0. The fourth-order valence-corrected chi connectivity index (χ4v) is 5.59. The Bertz CT molecular complexity index is 1820. The first-order valence-corrected chi connectivity index (χ1v) is 13.2. The number of benzene rings is 5. The first-order valence-electron chi connectivity index (χ1n) is 13.2. The van der Waals surface area contributed by atoms with E-state index in [9.17, 15) is 0 Å². The highest BCUT2D eigenvalue weighted by Gasteiger charge is 2.29. The highest BCUT2D eigenvalue weighted by molar-refractivity contribution is 6.24. The molecule has 39 heavy (non-hydrogen) atoms. The Morgan fingerprint density at radius 1 is 0.667 bits per heavy atom. The van der Waals surface area contributed by atoms with Crippen LogP contribution in [0.4, 0.5) is 17.1 Å². The van der Waals surface area contributed by atoms with E-state index in [1.807, 2.05) is 32.1 Å². The second kappa shape index (κ2) is 11.2. The van der Waals surface area contributed by atoms with Gasteiger partial charge in [0.25, 0.3) is 0 Å². The minimum absolute atomic E-state index is 0.778. The third-order valence-electron chi connectivity index (χ3n) is 7.21. The van der Waals surface area contributed by atoms with Crippen LogP contribution in [0.15, 0.2) is 128 Å². The van der Waals surface area contributed by atoms with Gasteiger partial charge in [0.1, 0.15) is 0 Å². The molecule has 1 aromatic heterocycles. The normalized spacial score (nSPS) is 11.5. The number of rotatable bonds is 3. The van der Waals surface area contributed by atoms with Gasteiger partial charge in [-0.25, -0.2) is 0 Å². The van der Waals surface area contributed by atoms with Gasteiger partial charge in [-0.2, -0.15) is 0 Å². The fourth-order valence-electron chi connectivity index (χ4n) is 5.59. The number of terminal acetylenes is 1. The molecule has 190 valence electrons. The molecule has 0 bridgehead atoms. The second-order valence-corrected chi connectivity index (χ2v) is 9.29. The molecule has 6 aromatic rings. The molecule has 0 saturated heterocycles. The Morgan fingerprint density at radius 3 is 2.08 bits per heavy atom. The summed E-state index contributed by atoms with van der Waals surface area (Å²) in [7, 11) is 0. The number of hydrogen-bond donors (Lipinski definition) is 0. The molecule has 0 unspecified atom stereocenters. The van der Waals surface area contributed by atoms with Crippen molar-refractivity contribution in [1.82, 2.24) is 4.57 Å². The predicted octanol–water partition coefficient (Wildman–Crippen LogP) is 10.4. The van der Waals surface area contributed by atoms with Crippen molar-refractivity contribution in [2.24, 2.45) is 0 Å². The molecule has 0 spiro atoms. The monoisotopic (exact) mass is 504 g/mol. The van der Waals surface area contributed by atoms with Crippen molar-refractivity contribution in [3.05, 3.63) is 128 Å². The van der Waals surface area contributed by atoms with Crippen molar-refractivity contribution < 1.29 is 0 Å². The Labute approximate surface area is 231 Å². The SMILES string of the molecule is C#C.C/C=C\C.C=CCn1c2ccccc2c2c3c(ccc21)-c1cccc2cccc(c12)N3c1ccccc1. The summed E-state index contributed by atoms with van der Waals surface area (Å²) in [5.74, 6) is 0. The Balaban J connectivity index is 0.000000474. The Morgan fingerprint density at radius 2 is 1.36 bits per heavy atom. The molecular weight excluding hydrogens is 472 g/mol. The molecule has 7 rings (SSSR count). The molecule has 5 aromatic carbocycles. The molecule has 0 amide bonds. The lowest BCUT2D eigenvalue weighted by atomic mass is 9.89. The van der Waals surface area contributed by atoms with E-state index in [2.05, 4.69) is 132 Å². The average Bonchev–Trinajstić information content (AvgIpc) is 3.33. The summed E-state index contributed by atoms with van der Waals surface area (Å²) in [6, 6.07) is 37.4. The third-order valence-corrected chi connectivity index (χ3v) is 7.21. The molecule has 0 atom stereocenters. The van der Waals surface area contributed by atoms with E-state index >= 15 is 0 Å². The zero-order chi connectivity index (χ0) is 27.4. The molecule has 0 fully saturated rings. The fraction of sp³-hybridized carbons (Fsp3) is 0.0811. The quantitative estimate of drug-likeness (QED) is 0.172. The van der Waals surface area contributed by atoms with E-state index < -0.39 is 0 Å². The summed E-state index contributed by atoms with van der Waals surface area (Å²) in [5, 5.41) is 5.15. The maximum absolute atomic E-state index is 4.02. The summed E-state index contributed by atoms with van der Waals surface area (Å²) < 4.78 is 2.38. The van der Waals surface area contributed by atoms with E-state index in [4.69, 9.17) is 0 Å². The molecule has 2 heterocycles. The number of allylic oxidation sites excluding steroid dienone is 3. The van der Waals surface area contributed by atoms with E-state index in [0.29, 0.717) is 0 Å². The molecule has 0 aliphatic carbocycles. The standard InChI is InChI=1S/C31H22N2.C4H8.C2H2/c1-2-20-32-26-16-7-6-14-25(26)30-27(32)19-18-24-23-15-8-10-21-11-9-17-28(29(21)23)33(31(24)30)22-12-4-3-5-13-22;1-3-4-2;1-2/h2-19H,1,20H2;3-4H,1-2H3;1-2H/b;4-3-;. The van der Waals surface area contributed by atoms with Gasteiger partial charge >= 0.3 is 0 Å². The summed E-state index contributed by atoms with van der Waals surface area (Å²) in [4.78, 5) is 2.46. The van der Waals surface area contributed by atoms with E-state index in [-0.39, 0.29) is 0 Å². The van der Waals surface area contributed by atoms with Crippen LogP contribution in [0.2, 0.25) is 0 Å². The van der Waals surface area contributed by atoms with Gasteiger partial charge in [0, 0.05) is 39.5 Å². The third kappa shape index (κ3) is 4.19. The number of nitrogens with zero attached hydrogens (tertiary/aromatic N) is 2. The molecule has 1 aliphatic rings. The first kappa shape index (κ1) is 25.6. The molecule has 1 aliphatic heterocycles. The minimum Gasteiger partial charge on any atom is -0.337 e. The van der Waals surface area contributed by atoms with Crippen LogP contribution in [0.1, 0.15) is 13.8 Å². The van der Waals surface area contributed by atoms with Gasteiger partial charge in [0.15, 0.2) is 0 Å². The van der Waals surface area contributed by atoms with Crippen molar-refractivity contribution in [2.75, 3.05) is 4.90 Å². The lowest BCUT2D eigenvalue weighted by Crippen LogP contribution is -2.15. The number of aromatic nitrogens is 1. The highest BCUT2D eigenvalue weighted by Crippen LogP contribution is 2.54. The molecule has 0 radical (unpaired) electrons. The van der Waals surface area contributed by atoms with E-state index in [0.717, 1.165) is 6.54 Å². The van der Waals surface area contributed by atoms with Gasteiger partial charge in [0.2, 0.25) is 0 Å². The molecule has 0 saturated carbocycles. The van der Waals surface area contributed by atoms with Gasteiger partial charge in [0.05, 0.1) is 16.9 Å². The summed E-state index contributed by atoms with van der Waals surface area (Å²) in [6.07, 6.45) is 14.0. The zero-order valence-electron chi connectivity index (χ0n) is 22.5. The van der Waals surface area contributed by atoms with Crippen molar-refractivity contribution in [2.45, 2.75) is 20.4 Å². The summed E-state index contributed by atoms with van der Waals surface area (Å²) in [5.41, 5.74) is 8.71. The second-order valence-electron chi connectivity index (χ2n) is 9.29. The van der Waals surface area contributed by atoms with Gasteiger partial charge in [-0.3, -0.25) is 0 Å². The van der Waals surface area contributed by atoms with Crippen LogP contribution >= 0.6 is 0 Å². The van der Waals surface area contributed by atoms with Crippen LogP contribution in [0, 0.1) is 12.8 Å². The molecular formula is C37H32N2. The van der Waals surface area contributed by atoms with E-state index in [1.165, 1.54) is 60.8 Å². The summed E-state index contributed by atoms with van der Waals surface area (Å²) in [6.45, 7) is 8.80. The van der Waals surface area contributed by atoms with Crippen molar-refractivity contribution >= 4 is 49.6 Å². The van der Waals surface area contributed by atoms with Crippen LogP contribution in [-0.4, -0.2) is 4.57 Å². The topological polar surface area (TPSA) is 8.17 Å². The lowest BCUT2D eigenvalue weighted by molar-refractivity contribution is 0.901. The number of anilines is 3. The minimum atomic E-state index is 0.778. The lowest BCUT2D eigenvalue weighted by Gasteiger charge is -2.34. The van der Waals surface area contributed by atoms with Gasteiger partial charge in [-0.05, 0) is 55.1 Å². The Kier molecular flexibility index (Phi) is 7.34. The Hall–Kier alpha value is -5.00. The highest BCUT2D eigenvalue weighted by atomic mass is 15.2. The van der Waals surface area contributed by atoms with Gasteiger partial charge in [-0.15, -0.1) is 19.4 Å². The molecule has 0 N–H and O–H groups in total. The van der Waals surface area contributed by atoms with Crippen LogP contribution in [0.3, 0.4) is 0 Å². The van der Waals surface area contributed by atoms with Crippen LogP contribution in [0.5, 0.6) is 0 Å². The zero-order valence-corrected chi connectivity index (χ0v) is 22.5. The van der Waals surface area contributed by atoms with Crippen LogP contribution in [-0.2, 0) is 6.54 Å². The maximum atomic E-state index is 4.02. The largest absolute Gasteiger partial charge is 0.337 e. The average molecular weight is 505 g/mol. The van der Waals surface area contributed by atoms with Crippen LogP contribution < -0.4 is 4.90 Å². The number of fused-ring (bicyclic) bond motifs is 6.